The topological polar surface area (TPSA) is 37.4 Å². The molecule has 2 heterocycles. The van der Waals surface area contributed by atoms with Crippen molar-refractivity contribution in [1.82, 2.24) is 4.98 Å². The van der Waals surface area contributed by atoms with Gasteiger partial charge < -0.3 is 15.0 Å². The molecule has 0 bridgehead atoms. The number of rotatable bonds is 1. The van der Waals surface area contributed by atoms with E-state index in [9.17, 15) is 0 Å². The van der Waals surface area contributed by atoms with Gasteiger partial charge in [0.1, 0.15) is 12.4 Å². The molecule has 2 rings (SSSR count). The molecule has 1 aliphatic heterocycles. The first kappa shape index (κ1) is 8.16. The molecule has 70 valence electrons. The van der Waals surface area contributed by atoms with Crippen LogP contribution in [0, 0.1) is 0 Å². The van der Waals surface area contributed by atoms with Crippen molar-refractivity contribution in [3.05, 3.63) is 12.1 Å². The number of anilines is 2. The number of hydrogen-bond acceptors (Lipinski definition) is 4. The van der Waals surface area contributed by atoms with Gasteiger partial charge >= 0.3 is 0 Å². The average Bonchev–Trinajstić information content (AvgIpc) is 2.18. The lowest BCUT2D eigenvalue weighted by molar-refractivity contribution is 0.299. The van der Waals surface area contributed by atoms with Crippen LogP contribution < -0.4 is 15.0 Å². The molecule has 0 unspecified atom stereocenters. The van der Waals surface area contributed by atoms with Gasteiger partial charge in [-0.1, -0.05) is 0 Å². The number of ether oxygens (including phenoxy) is 1. The lowest BCUT2D eigenvalue weighted by Gasteiger charge is -2.26. The molecule has 4 heteroatoms. The van der Waals surface area contributed by atoms with Gasteiger partial charge in [0.25, 0.3) is 0 Å². The van der Waals surface area contributed by atoms with E-state index in [4.69, 9.17) is 4.74 Å². The van der Waals surface area contributed by atoms with Crippen molar-refractivity contribution in [1.29, 1.82) is 0 Å². The van der Waals surface area contributed by atoms with E-state index in [1.807, 2.05) is 26.2 Å². The average molecular weight is 179 g/mol. The summed E-state index contributed by atoms with van der Waals surface area (Å²) >= 11 is 0. The van der Waals surface area contributed by atoms with Gasteiger partial charge in [0.2, 0.25) is 5.88 Å². The number of fused-ring (bicyclic) bond motifs is 1. The fraction of sp³-hybridized carbons (Fsp3) is 0.444. The van der Waals surface area contributed by atoms with Gasteiger partial charge in [0.15, 0.2) is 0 Å². The minimum Gasteiger partial charge on any atom is -0.474 e. The predicted molar refractivity (Wildman–Crippen MR) is 52.5 cm³/mol. The maximum absolute atomic E-state index is 5.44. The third-order valence-corrected chi connectivity index (χ3v) is 2.17. The van der Waals surface area contributed by atoms with Crippen LogP contribution in [0.5, 0.6) is 5.88 Å². The molecule has 0 amide bonds. The highest BCUT2D eigenvalue weighted by Crippen LogP contribution is 2.29. The Morgan fingerprint density at radius 3 is 3.15 bits per heavy atom. The summed E-state index contributed by atoms with van der Waals surface area (Å²) in [5.41, 5.74) is 1.06. The molecular formula is C9H13N3O. The summed E-state index contributed by atoms with van der Waals surface area (Å²) < 4.78 is 5.44. The molecule has 0 saturated carbocycles. The zero-order valence-corrected chi connectivity index (χ0v) is 7.87. The third kappa shape index (κ3) is 1.39. The highest BCUT2D eigenvalue weighted by molar-refractivity contribution is 5.59. The summed E-state index contributed by atoms with van der Waals surface area (Å²) in [5, 5.41) is 2.98. The molecule has 13 heavy (non-hydrogen) atoms. The van der Waals surface area contributed by atoms with Crippen molar-refractivity contribution in [2.75, 3.05) is 37.5 Å². The molecule has 1 aromatic rings. The lowest BCUT2D eigenvalue weighted by atomic mass is 10.3. The van der Waals surface area contributed by atoms with Crippen LogP contribution in [0.1, 0.15) is 0 Å². The Morgan fingerprint density at radius 1 is 1.54 bits per heavy atom. The number of pyridine rings is 1. The van der Waals surface area contributed by atoms with Crippen LogP contribution in [0.15, 0.2) is 12.1 Å². The van der Waals surface area contributed by atoms with E-state index in [0.29, 0.717) is 6.61 Å². The summed E-state index contributed by atoms with van der Waals surface area (Å²) in [6.45, 7) is 1.64. The standard InChI is InChI=1S/C9H13N3O/c1-10-8-4-3-7-9(11-8)13-6-5-12(7)2/h3-4H,5-6H2,1-2H3,(H,10,11). The Kier molecular flexibility index (Phi) is 1.96. The van der Waals surface area contributed by atoms with Crippen molar-refractivity contribution in [3.8, 4) is 5.88 Å². The maximum atomic E-state index is 5.44. The predicted octanol–water partition coefficient (Wildman–Crippen LogP) is 0.952. The zero-order valence-electron chi connectivity index (χ0n) is 7.87. The zero-order chi connectivity index (χ0) is 9.26. The van der Waals surface area contributed by atoms with Crippen molar-refractivity contribution >= 4 is 11.5 Å². The summed E-state index contributed by atoms with van der Waals surface area (Å²) in [6.07, 6.45) is 0. The second kappa shape index (κ2) is 3.12. The largest absolute Gasteiger partial charge is 0.474 e. The van der Waals surface area contributed by atoms with Crippen LogP contribution in [-0.4, -0.2) is 32.2 Å². The Hall–Kier alpha value is -1.45. The van der Waals surface area contributed by atoms with E-state index in [1.54, 1.807) is 0 Å². The number of hydrogen-bond donors (Lipinski definition) is 1. The molecule has 0 aliphatic carbocycles. The molecule has 1 aromatic heterocycles. The lowest BCUT2D eigenvalue weighted by Crippen LogP contribution is -2.29. The highest BCUT2D eigenvalue weighted by atomic mass is 16.5. The molecule has 0 saturated heterocycles. The summed E-state index contributed by atoms with van der Waals surface area (Å²) in [4.78, 5) is 6.45. The van der Waals surface area contributed by atoms with Crippen molar-refractivity contribution in [2.45, 2.75) is 0 Å². The molecule has 1 N–H and O–H groups in total. The number of aromatic nitrogens is 1. The monoisotopic (exact) mass is 179 g/mol. The van der Waals surface area contributed by atoms with Crippen LogP contribution >= 0.6 is 0 Å². The fourth-order valence-electron chi connectivity index (χ4n) is 1.37. The molecule has 4 nitrogen and oxygen atoms in total. The van der Waals surface area contributed by atoms with E-state index < -0.39 is 0 Å². The Bertz CT molecular complexity index is 314. The van der Waals surface area contributed by atoms with Gasteiger partial charge in [-0.05, 0) is 12.1 Å². The van der Waals surface area contributed by atoms with Gasteiger partial charge in [-0.2, -0.15) is 4.98 Å². The molecular weight excluding hydrogens is 166 g/mol. The van der Waals surface area contributed by atoms with Gasteiger partial charge in [0.05, 0.1) is 12.2 Å². The maximum Gasteiger partial charge on any atom is 0.239 e. The van der Waals surface area contributed by atoms with Crippen LogP contribution in [-0.2, 0) is 0 Å². The number of nitrogens with zero attached hydrogens (tertiary/aromatic N) is 2. The minimum atomic E-state index is 0.712. The van der Waals surface area contributed by atoms with Gasteiger partial charge in [-0.3, -0.25) is 0 Å². The van der Waals surface area contributed by atoms with Crippen LogP contribution in [0.3, 0.4) is 0 Å². The first-order valence-corrected chi connectivity index (χ1v) is 4.34. The molecule has 0 atom stereocenters. The number of likely N-dealkylation sites (N-methyl/N-ethyl adjacent to an activating group) is 1. The van der Waals surface area contributed by atoms with E-state index in [1.165, 1.54) is 0 Å². The van der Waals surface area contributed by atoms with E-state index >= 15 is 0 Å². The SMILES string of the molecule is CNc1ccc2c(n1)OCCN2C. The van der Waals surface area contributed by atoms with Crippen molar-refractivity contribution in [3.63, 3.8) is 0 Å². The first-order chi connectivity index (χ1) is 6.31. The second-order valence-electron chi connectivity index (χ2n) is 3.04. The summed E-state index contributed by atoms with van der Waals surface area (Å²) in [6, 6.07) is 3.97. The molecule has 0 radical (unpaired) electrons. The van der Waals surface area contributed by atoms with Gasteiger partial charge in [-0.15, -0.1) is 0 Å². The summed E-state index contributed by atoms with van der Waals surface area (Å²) in [5.74, 6) is 1.56. The minimum absolute atomic E-state index is 0.712. The highest BCUT2D eigenvalue weighted by Gasteiger charge is 2.15. The quantitative estimate of drug-likeness (QED) is 0.696. The molecule has 0 spiro atoms. The van der Waals surface area contributed by atoms with Gasteiger partial charge in [-0.25, -0.2) is 0 Å². The van der Waals surface area contributed by atoms with Crippen molar-refractivity contribution < 1.29 is 4.74 Å². The first-order valence-electron chi connectivity index (χ1n) is 4.34. The van der Waals surface area contributed by atoms with Crippen LogP contribution in [0.4, 0.5) is 11.5 Å². The third-order valence-electron chi connectivity index (χ3n) is 2.17. The smallest absolute Gasteiger partial charge is 0.239 e. The van der Waals surface area contributed by atoms with Gasteiger partial charge in [0, 0.05) is 14.1 Å². The second-order valence-corrected chi connectivity index (χ2v) is 3.04. The molecule has 0 aromatic carbocycles. The molecule has 1 aliphatic rings. The fourth-order valence-corrected chi connectivity index (χ4v) is 1.37. The molecule has 0 fully saturated rings. The van der Waals surface area contributed by atoms with E-state index in [-0.39, 0.29) is 0 Å². The summed E-state index contributed by atoms with van der Waals surface area (Å²) in [7, 11) is 3.89. The van der Waals surface area contributed by atoms with Crippen LogP contribution in [0.2, 0.25) is 0 Å². The Labute approximate surface area is 77.5 Å². The van der Waals surface area contributed by atoms with E-state index in [2.05, 4.69) is 15.2 Å². The normalized spacial score (nSPS) is 14.8. The number of nitrogens with one attached hydrogen (secondary N) is 1. The van der Waals surface area contributed by atoms with E-state index in [0.717, 1.165) is 23.9 Å². The Morgan fingerprint density at radius 2 is 2.38 bits per heavy atom. The van der Waals surface area contributed by atoms with Crippen LogP contribution in [0.25, 0.3) is 0 Å². The Balaban J connectivity index is 2.39. The van der Waals surface area contributed by atoms with Crippen molar-refractivity contribution in [2.24, 2.45) is 0 Å².